The summed E-state index contributed by atoms with van der Waals surface area (Å²) in [5, 5.41) is 4.74. The van der Waals surface area contributed by atoms with E-state index in [0.29, 0.717) is 10.0 Å². The molecule has 2 nitrogen and oxygen atoms in total. The SMILES string of the molecule is Cc1c(N)cccc1NCCc1ccc(Cl)cc1Cl. The van der Waals surface area contributed by atoms with Crippen LogP contribution in [0.25, 0.3) is 0 Å². The maximum atomic E-state index is 6.14. The number of nitrogens with one attached hydrogen (secondary N) is 1. The fourth-order valence-corrected chi connectivity index (χ4v) is 2.40. The lowest BCUT2D eigenvalue weighted by molar-refractivity contribution is 1.02. The lowest BCUT2D eigenvalue weighted by atomic mass is 10.1. The minimum atomic E-state index is 0.661. The van der Waals surface area contributed by atoms with Gasteiger partial charge in [0.05, 0.1) is 0 Å². The smallest absolute Gasteiger partial charge is 0.0453 e. The first-order valence-electron chi connectivity index (χ1n) is 6.11. The number of nitrogen functional groups attached to an aromatic ring is 1. The van der Waals surface area contributed by atoms with E-state index < -0.39 is 0 Å². The molecule has 0 amide bonds. The molecule has 0 fully saturated rings. The lowest BCUT2D eigenvalue weighted by Gasteiger charge is -2.11. The summed E-state index contributed by atoms with van der Waals surface area (Å²) in [6.07, 6.45) is 0.838. The average molecular weight is 295 g/mol. The Morgan fingerprint density at radius 3 is 2.68 bits per heavy atom. The van der Waals surface area contributed by atoms with Gasteiger partial charge in [0.2, 0.25) is 0 Å². The monoisotopic (exact) mass is 294 g/mol. The molecule has 0 aliphatic carbocycles. The molecule has 0 saturated heterocycles. The zero-order valence-electron chi connectivity index (χ0n) is 10.7. The van der Waals surface area contributed by atoms with Crippen LogP contribution in [0.3, 0.4) is 0 Å². The molecule has 0 aromatic heterocycles. The fourth-order valence-electron chi connectivity index (χ4n) is 1.90. The topological polar surface area (TPSA) is 38.0 Å². The molecule has 0 bridgehead atoms. The summed E-state index contributed by atoms with van der Waals surface area (Å²) in [5.74, 6) is 0. The van der Waals surface area contributed by atoms with Gasteiger partial charge in [-0.1, -0.05) is 35.3 Å². The molecular formula is C15H16Cl2N2. The first kappa shape index (κ1) is 14.0. The predicted octanol–water partition coefficient (Wildman–Crippen LogP) is 4.54. The third-order valence-corrected chi connectivity index (χ3v) is 3.69. The predicted molar refractivity (Wildman–Crippen MR) is 84.2 cm³/mol. The number of anilines is 2. The van der Waals surface area contributed by atoms with Crippen LogP contribution in [-0.2, 0) is 6.42 Å². The van der Waals surface area contributed by atoms with Gasteiger partial charge >= 0.3 is 0 Å². The second-order valence-electron chi connectivity index (χ2n) is 4.43. The maximum absolute atomic E-state index is 6.14. The summed E-state index contributed by atoms with van der Waals surface area (Å²) in [4.78, 5) is 0. The Morgan fingerprint density at radius 1 is 1.16 bits per heavy atom. The van der Waals surface area contributed by atoms with Gasteiger partial charge < -0.3 is 11.1 Å². The molecule has 0 aliphatic heterocycles. The number of nitrogens with two attached hydrogens (primary N) is 1. The summed E-state index contributed by atoms with van der Waals surface area (Å²) in [7, 11) is 0. The Labute approximate surface area is 123 Å². The van der Waals surface area contributed by atoms with Crippen LogP contribution < -0.4 is 11.1 Å². The van der Waals surface area contributed by atoms with Crippen molar-refractivity contribution in [3.05, 3.63) is 57.6 Å². The van der Waals surface area contributed by atoms with E-state index in [1.165, 1.54) is 0 Å². The molecule has 0 aliphatic rings. The standard InChI is InChI=1S/C15H16Cl2N2/c1-10-14(18)3-2-4-15(10)19-8-7-11-5-6-12(16)9-13(11)17/h2-6,9,19H,7-8,18H2,1H3. The van der Waals surface area contributed by atoms with Gasteiger partial charge in [0.1, 0.15) is 0 Å². The van der Waals surface area contributed by atoms with Crippen molar-refractivity contribution in [3.8, 4) is 0 Å². The molecule has 0 heterocycles. The van der Waals surface area contributed by atoms with Gasteiger partial charge in [-0.25, -0.2) is 0 Å². The Kier molecular flexibility index (Phi) is 4.56. The zero-order valence-corrected chi connectivity index (χ0v) is 12.2. The van der Waals surface area contributed by atoms with Crippen molar-refractivity contribution in [2.45, 2.75) is 13.3 Å². The third-order valence-electron chi connectivity index (χ3n) is 3.10. The van der Waals surface area contributed by atoms with Crippen LogP contribution in [0.2, 0.25) is 10.0 Å². The van der Waals surface area contributed by atoms with Crippen molar-refractivity contribution in [1.29, 1.82) is 0 Å². The minimum absolute atomic E-state index is 0.661. The summed E-state index contributed by atoms with van der Waals surface area (Å²) in [5.41, 5.74) is 9.89. The van der Waals surface area contributed by atoms with E-state index in [4.69, 9.17) is 28.9 Å². The van der Waals surface area contributed by atoms with Gasteiger partial charge in [-0.3, -0.25) is 0 Å². The number of halogens is 2. The lowest BCUT2D eigenvalue weighted by Crippen LogP contribution is -2.07. The highest BCUT2D eigenvalue weighted by Crippen LogP contribution is 2.23. The zero-order chi connectivity index (χ0) is 13.8. The van der Waals surface area contributed by atoms with Crippen molar-refractivity contribution in [2.24, 2.45) is 0 Å². The first-order chi connectivity index (χ1) is 9.08. The summed E-state index contributed by atoms with van der Waals surface area (Å²) in [6, 6.07) is 11.4. The summed E-state index contributed by atoms with van der Waals surface area (Å²) >= 11 is 12.0. The second-order valence-corrected chi connectivity index (χ2v) is 5.28. The average Bonchev–Trinajstić information content (AvgIpc) is 2.37. The largest absolute Gasteiger partial charge is 0.398 e. The van der Waals surface area contributed by atoms with Crippen LogP contribution in [0.1, 0.15) is 11.1 Å². The second kappa shape index (κ2) is 6.18. The van der Waals surface area contributed by atoms with Crippen molar-refractivity contribution in [3.63, 3.8) is 0 Å². The van der Waals surface area contributed by atoms with Crippen molar-refractivity contribution < 1.29 is 0 Å². The molecule has 2 rings (SSSR count). The van der Waals surface area contributed by atoms with Gasteiger partial charge in [-0.05, 0) is 48.7 Å². The van der Waals surface area contributed by atoms with E-state index in [1.807, 2.05) is 37.3 Å². The van der Waals surface area contributed by atoms with Crippen molar-refractivity contribution in [2.75, 3.05) is 17.6 Å². The maximum Gasteiger partial charge on any atom is 0.0453 e. The molecule has 100 valence electrons. The molecular weight excluding hydrogens is 279 g/mol. The van der Waals surface area contributed by atoms with E-state index in [2.05, 4.69) is 5.32 Å². The summed E-state index contributed by atoms with van der Waals surface area (Å²) in [6.45, 7) is 2.80. The highest BCUT2D eigenvalue weighted by atomic mass is 35.5. The molecule has 3 N–H and O–H groups in total. The first-order valence-corrected chi connectivity index (χ1v) is 6.86. The Bertz CT molecular complexity index is 582. The van der Waals surface area contributed by atoms with E-state index in [1.54, 1.807) is 6.07 Å². The molecule has 2 aromatic rings. The van der Waals surface area contributed by atoms with Gasteiger partial charge in [-0.15, -0.1) is 0 Å². The normalized spacial score (nSPS) is 10.5. The molecule has 0 saturated carbocycles. The number of hydrogen-bond acceptors (Lipinski definition) is 2. The molecule has 2 aromatic carbocycles. The van der Waals surface area contributed by atoms with Gasteiger partial charge in [0, 0.05) is 28.0 Å². The third kappa shape index (κ3) is 3.55. The summed E-state index contributed by atoms with van der Waals surface area (Å²) < 4.78 is 0. The van der Waals surface area contributed by atoms with E-state index in [0.717, 1.165) is 35.5 Å². The van der Waals surface area contributed by atoms with Gasteiger partial charge in [0.15, 0.2) is 0 Å². The van der Waals surface area contributed by atoms with E-state index in [-0.39, 0.29) is 0 Å². The number of hydrogen-bond donors (Lipinski definition) is 2. The van der Waals surface area contributed by atoms with Crippen LogP contribution in [-0.4, -0.2) is 6.54 Å². The Hall–Kier alpha value is -1.38. The number of benzene rings is 2. The highest BCUT2D eigenvalue weighted by Gasteiger charge is 2.03. The van der Waals surface area contributed by atoms with Gasteiger partial charge in [0.25, 0.3) is 0 Å². The van der Waals surface area contributed by atoms with Crippen LogP contribution in [0.4, 0.5) is 11.4 Å². The fraction of sp³-hybridized carbons (Fsp3) is 0.200. The molecule has 0 spiro atoms. The molecule has 4 heteroatoms. The molecule has 19 heavy (non-hydrogen) atoms. The minimum Gasteiger partial charge on any atom is -0.398 e. The van der Waals surface area contributed by atoms with Crippen LogP contribution in [0, 0.1) is 6.92 Å². The van der Waals surface area contributed by atoms with Crippen molar-refractivity contribution in [1.82, 2.24) is 0 Å². The van der Waals surface area contributed by atoms with Crippen LogP contribution >= 0.6 is 23.2 Å². The van der Waals surface area contributed by atoms with Crippen LogP contribution in [0.5, 0.6) is 0 Å². The molecule has 0 radical (unpaired) electrons. The van der Waals surface area contributed by atoms with E-state index >= 15 is 0 Å². The Morgan fingerprint density at radius 2 is 1.95 bits per heavy atom. The van der Waals surface area contributed by atoms with Gasteiger partial charge in [-0.2, -0.15) is 0 Å². The van der Waals surface area contributed by atoms with Crippen molar-refractivity contribution >= 4 is 34.6 Å². The Balaban J connectivity index is 1.98. The van der Waals surface area contributed by atoms with E-state index in [9.17, 15) is 0 Å². The molecule has 0 unspecified atom stereocenters. The molecule has 0 atom stereocenters. The number of rotatable bonds is 4. The quantitative estimate of drug-likeness (QED) is 0.813. The highest BCUT2D eigenvalue weighted by molar-refractivity contribution is 6.35. The van der Waals surface area contributed by atoms with Crippen LogP contribution in [0.15, 0.2) is 36.4 Å².